The summed E-state index contributed by atoms with van der Waals surface area (Å²) in [6.45, 7) is 0. The molecule has 0 amide bonds. The number of fused-ring (bicyclic) bond motifs is 2. The summed E-state index contributed by atoms with van der Waals surface area (Å²) in [5, 5.41) is 55.0. The van der Waals surface area contributed by atoms with Crippen molar-refractivity contribution >= 4 is 21.5 Å². The Kier molecular flexibility index (Phi) is 8.09. The third-order valence-corrected chi connectivity index (χ3v) is 8.64. The second-order valence-corrected chi connectivity index (χ2v) is 11.8. The minimum atomic E-state index is 0.147. The smallest absolute Gasteiger partial charge is 0.178 e. The molecule has 0 aromatic heterocycles. The molecule has 0 atom stereocenters. The average Bonchev–Trinajstić information content (AvgIpc) is 3.10. The Morgan fingerprint density at radius 2 is 0.854 bits per heavy atom. The van der Waals surface area contributed by atoms with E-state index in [2.05, 4.69) is 0 Å². The van der Waals surface area contributed by atoms with Gasteiger partial charge < -0.3 is 25.5 Å². The predicted molar refractivity (Wildman–Crippen MR) is 185 cm³/mol. The Hall–Kier alpha value is -6.34. The van der Waals surface area contributed by atoms with Gasteiger partial charge in [0.1, 0.15) is 28.7 Å². The lowest BCUT2D eigenvalue weighted by Gasteiger charge is -2.14. The molecule has 0 saturated carbocycles. The van der Waals surface area contributed by atoms with Gasteiger partial charge in [-0.25, -0.2) is 0 Å². The Bertz CT molecular complexity index is 2240. The number of phenolic OH excluding ortho intramolecular Hbond substituents is 5. The van der Waals surface area contributed by atoms with E-state index in [-0.39, 0.29) is 28.7 Å². The fraction of sp³-hybridized carbons (Fsp3) is 0.0732. The second-order valence-electron chi connectivity index (χ2n) is 11.8. The van der Waals surface area contributed by atoms with E-state index in [1.54, 1.807) is 72.8 Å². The first-order chi connectivity index (χ1) is 23.3. The molecule has 0 unspecified atom stereocenters. The molecule has 5 N–H and O–H groups in total. The van der Waals surface area contributed by atoms with Gasteiger partial charge in [-0.1, -0.05) is 60.7 Å². The molecule has 7 nitrogen and oxygen atoms in total. The SMILES string of the molecule is Oc1ccc(Cc2ccc3c(Cc4ccc(OOc5ccc(Cc6c(O)ccc7c(O)cccc67)cc5)cc4)c(O)ccc3c2O)cc1. The largest absolute Gasteiger partial charge is 0.508 e. The summed E-state index contributed by atoms with van der Waals surface area (Å²) in [5.74, 6) is 1.86. The van der Waals surface area contributed by atoms with Crippen molar-refractivity contribution in [2.45, 2.75) is 19.3 Å². The molecule has 0 spiro atoms. The highest BCUT2D eigenvalue weighted by atomic mass is 17.2. The van der Waals surface area contributed by atoms with Crippen LogP contribution >= 0.6 is 0 Å². The zero-order chi connectivity index (χ0) is 33.2. The van der Waals surface area contributed by atoms with Gasteiger partial charge in [0.05, 0.1) is 0 Å². The lowest BCUT2D eigenvalue weighted by Crippen LogP contribution is -2.01. The predicted octanol–water partition coefficient (Wildman–Crippen LogP) is 8.67. The van der Waals surface area contributed by atoms with Crippen LogP contribution in [0.5, 0.6) is 40.2 Å². The van der Waals surface area contributed by atoms with Gasteiger partial charge in [0.15, 0.2) is 11.5 Å². The second kappa shape index (κ2) is 12.8. The van der Waals surface area contributed by atoms with E-state index in [9.17, 15) is 25.5 Å². The molecule has 238 valence electrons. The molecule has 0 aliphatic rings. The fourth-order valence-corrected chi connectivity index (χ4v) is 6.06. The number of hydrogen-bond acceptors (Lipinski definition) is 7. The Morgan fingerprint density at radius 1 is 0.375 bits per heavy atom. The molecule has 0 fully saturated rings. The van der Waals surface area contributed by atoms with Gasteiger partial charge in [0.2, 0.25) is 0 Å². The number of hydrogen-bond donors (Lipinski definition) is 5. The molecule has 0 aliphatic heterocycles. The van der Waals surface area contributed by atoms with Crippen molar-refractivity contribution < 1.29 is 35.3 Å². The molecule has 7 heteroatoms. The van der Waals surface area contributed by atoms with Crippen molar-refractivity contribution in [1.82, 2.24) is 0 Å². The normalized spacial score (nSPS) is 11.2. The molecule has 7 rings (SSSR count). The van der Waals surface area contributed by atoms with Crippen LogP contribution in [0.1, 0.15) is 33.4 Å². The van der Waals surface area contributed by atoms with Crippen LogP contribution in [-0.2, 0) is 19.3 Å². The van der Waals surface area contributed by atoms with Crippen LogP contribution in [0.15, 0.2) is 127 Å². The quantitative estimate of drug-likeness (QED) is 0.0795. The number of phenols is 5. The van der Waals surface area contributed by atoms with E-state index >= 15 is 0 Å². The lowest BCUT2D eigenvalue weighted by molar-refractivity contribution is -0.0999. The molecular formula is C41H32O7. The van der Waals surface area contributed by atoms with E-state index in [4.69, 9.17) is 9.78 Å². The summed E-state index contributed by atoms with van der Waals surface area (Å²) in [5.41, 5.74) is 5.05. The third kappa shape index (κ3) is 6.22. The highest BCUT2D eigenvalue weighted by Crippen LogP contribution is 2.37. The molecule has 0 radical (unpaired) electrons. The van der Waals surface area contributed by atoms with Crippen LogP contribution in [0.4, 0.5) is 0 Å². The van der Waals surface area contributed by atoms with Crippen molar-refractivity contribution in [1.29, 1.82) is 0 Å². The van der Waals surface area contributed by atoms with Gasteiger partial charge in [0.25, 0.3) is 0 Å². The van der Waals surface area contributed by atoms with E-state index in [1.165, 1.54) is 0 Å². The maximum Gasteiger partial charge on any atom is 0.178 e. The van der Waals surface area contributed by atoms with E-state index < -0.39 is 0 Å². The Morgan fingerprint density at radius 3 is 1.44 bits per heavy atom. The Balaban J connectivity index is 1.01. The van der Waals surface area contributed by atoms with Crippen LogP contribution in [0.25, 0.3) is 21.5 Å². The first-order valence-electron chi connectivity index (χ1n) is 15.5. The zero-order valence-electron chi connectivity index (χ0n) is 25.8. The van der Waals surface area contributed by atoms with Crippen LogP contribution < -0.4 is 9.78 Å². The molecule has 0 heterocycles. The molecule has 7 aromatic rings. The molecule has 7 aromatic carbocycles. The Labute approximate surface area is 276 Å². The van der Waals surface area contributed by atoms with Crippen molar-refractivity contribution in [3.8, 4) is 40.2 Å². The van der Waals surface area contributed by atoms with Gasteiger partial charge in [-0.3, -0.25) is 9.78 Å². The standard InChI is InChI=1S/C41H32O7/c42-29-11-4-25(5-12-29)22-28-10-17-33-35(41(28)46)19-21-40(45)37(33)24-27-8-15-31(16-9-27)48-47-30-13-6-26(7-14-30)23-36-32-2-1-3-38(43)34(32)18-20-39(36)44/h1-21,42-46H,22-24H2. The molecular weight excluding hydrogens is 604 g/mol. The van der Waals surface area contributed by atoms with E-state index in [0.717, 1.165) is 38.6 Å². The molecule has 0 aliphatic carbocycles. The van der Waals surface area contributed by atoms with Crippen molar-refractivity contribution in [2.24, 2.45) is 0 Å². The maximum atomic E-state index is 11.1. The monoisotopic (exact) mass is 636 g/mol. The summed E-state index contributed by atoms with van der Waals surface area (Å²) in [7, 11) is 0. The summed E-state index contributed by atoms with van der Waals surface area (Å²) in [4.78, 5) is 11.1. The number of rotatable bonds is 9. The van der Waals surface area contributed by atoms with Gasteiger partial charge >= 0.3 is 0 Å². The first kappa shape index (κ1) is 30.3. The van der Waals surface area contributed by atoms with Crippen LogP contribution in [-0.4, -0.2) is 25.5 Å². The summed E-state index contributed by atoms with van der Waals surface area (Å²) in [6.07, 6.45) is 1.42. The van der Waals surface area contributed by atoms with Crippen LogP contribution in [0, 0.1) is 0 Å². The van der Waals surface area contributed by atoms with E-state index in [1.807, 2.05) is 54.6 Å². The van der Waals surface area contributed by atoms with Gasteiger partial charge in [0, 0.05) is 41.2 Å². The van der Waals surface area contributed by atoms with Crippen LogP contribution in [0.3, 0.4) is 0 Å². The lowest BCUT2D eigenvalue weighted by atomic mass is 9.94. The van der Waals surface area contributed by atoms with Crippen molar-refractivity contribution in [3.05, 3.63) is 161 Å². The number of benzene rings is 7. The van der Waals surface area contributed by atoms with E-state index in [0.29, 0.717) is 47.1 Å². The minimum absolute atomic E-state index is 0.147. The third-order valence-electron chi connectivity index (χ3n) is 8.64. The highest BCUT2D eigenvalue weighted by Gasteiger charge is 2.15. The number of aromatic hydroxyl groups is 5. The van der Waals surface area contributed by atoms with Crippen LogP contribution in [0.2, 0.25) is 0 Å². The average molecular weight is 637 g/mol. The highest BCUT2D eigenvalue weighted by molar-refractivity contribution is 5.94. The minimum Gasteiger partial charge on any atom is -0.508 e. The fourth-order valence-electron chi connectivity index (χ4n) is 6.06. The topological polar surface area (TPSA) is 120 Å². The summed E-state index contributed by atoms with van der Waals surface area (Å²) in [6, 6.07) is 37.3. The summed E-state index contributed by atoms with van der Waals surface area (Å²) < 4.78 is 0. The van der Waals surface area contributed by atoms with Gasteiger partial charge in [-0.05, 0) is 99.8 Å². The summed E-state index contributed by atoms with van der Waals surface area (Å²) >= 11 is 0. The zero-order valence-corrected chi connectivity index (χ0v) is 25.8. The van der Waals surface area contributed by atoms with Crippen molar-refractivity contribution in [3.63, 3.8) is 0 Å². The van der Waals surface area contributed by atoms with Gasteiger partial charge in [-0.2, -0.15) is 0 Å². The van der Waals surface area contributed by atoms with Gasteiger partial charge in [-0.15, -0.1) is 0 Å². The maximum absolute atomic E-state index is 11.1. The molecule has 48 heavy (non-hydrogen) atoms. The molecule has 0 saturated heterocycles. The first-order valence-corrected chi connectivity index (χ1v) is 15.5. The molecule has 0 bridgehead atoms. The van der Waals surface area contributed by atoms with Crippen molar-refractivity contribution in [2.75, 3.05) is 0 Å².